The molecule has 0 saturated carbocycles. The number of rotatable bonds is 2. The van der Waals surface area contributed by atoms with Crippen LogP contribution in [0.1, 0.15) is 0 Å². The zero-order valence-corrected chi connectivity index (χ0v) is 2.53. The summed E-state index contributed by atoms with van der Waals surface area (Å²) in [6.07, 6.45) is 0. The van der Waals surface area contributed by atoms with E-state index in [1.807, 2.05) is 0 Å². The van der Waals surface area contributed by atoms with E-state index in [0.717, 1.165) is 0 Å². The fraction of sp³-hybridized carbons (Fsp3) is 0. The van der Waals surface area contributed by atoms with E-state index in [0.29, 0.717) is 0 Å². The maximum Gasteiger partial charge on any atom is 0.351 e. The number of hydrogen-bond acceptors (Lipinski definition) is 4. The molecule has 0 N–H and O–H groups in total. The van der Waals surface area contributed by atoms with Crippen molar-refractivity contribution >= 4 is 0 Å². The van der Waals surface area contributed by atoms with Gasteiger partial charge in [-0.15, -0.1) is 10.1 Å². The highest BCUT2D eigenvalue weighted by atomic mass is 17.1. The Morgan fingerprint density at radius 3 is 2.33 bits per heavy atom. The van der Waals surface area contributed by atoms with Gasteiger partial charge in [0.25, 0.3) is 0 Å². The lowest BCUT2D eigenvalue weighted by Gasteiger charge is -1.70. The molecule has 0 atom stereocenters. The van der Waals surface area contributed by atoms with Crippen LogP contribution in [0.15, 0.2) is 0 Å². The van der Waals surface area contributed by atoms with Crippen molar-refractivity contribution in [3.05, 3.63) is 15.3 Å². The van der Waals surface area contributed by atoms with Gasteiger partial charge in [-0.05, 0) is 0 Å². The quantitative estimate of drug-likeness (QED) is 0.329. The molecule has 0 unspecified atom stereocenters. The molecule has 0 bridgehead atoms. The van der Waals surface area contributed by atoms with Crippen molar-refractivity contribution < 1.29 is 10.0 Å². The fourth-order valence-corrected chi connectivity index (χ4v) is 0.0272. The van der Waals surface area contributed by atoms with E-state index in [9.17, 15) is 0 Å². The Bertz CT molecular complexity index is 49.5. The Balaban J connectivity index is 2.83. The summed E-state index contributed by atoms with van der Waals surface area (Å²) >= 11 is 0. The summed E-state index contributed by atoms with van der Waals surface area (Å²) in [5.41, 5.74) is 1.49. The fourth-order valence-electron chi connectivity index (χ4n) is 0.0272. The van der Waals surface area contributed by atoms with Crippen molar-refractivity contribution in [1.82, 2.24) is 5.64 Å². The second kappa shape index (κ2) is 2.36. The van der Waals surface area contributed by atoms with Crippen LogP contribution >= 0.6 is 0 Å². The van der Waals surface area contributed by atoms with Gasteiger partial charge in [0, 0.05) is 4.94 Å². The molecule has 0 heterocycles. The normalized spacial score (nSPS) is 7.50. The van der Waals surface area contributed by atoms with Crippen LogP contribution < -0.4 is 5.64 Å². The first-order chi connectivity index (χ1) is 2.77. The summed E-state index contributed by atoms with van der Waals surface area (Å²) in [6.45, 7) is 0. The van der Waals surface area contributed by atoms with Crippen molar-refractivity contribution in [1.29, 1.82) is 0 Å². The molecule has 0 aliphatic heterocycles. The van der Waals surface area contributed by atoms with Gasteiger partial charge in [0.15, 0.2) is 0 Å². The van der Waals surface area contributed by atoms with Crippen LogP contribution in [0.4, 0.5) is 0 Å². The third-order valence-electron chi connectivity index (χ3n) is 0.100. The Labute approximate surface area is 32.3 Å². The first kappa shape index (κ1) is 5.12. The molecule has 2 radical (unpaired) electrons. The van der Waals surface area contributed by atoms with Gasteiger partial charge in [-0.2, -0.15) is 0 Å². The summed E-state index contributed by atoms with van der Waals surface area (Å²) in [5, 5.41) is 16.3. The van der Waals surface area contributed by atoms with Crippen LogP contribution in [0.3, 0.4) is 0 Å². The predicted molar refractivity (Wildman–Crippen MR) is 13.6 cm³/mol. The van der Waals surface area contributed by atoms with Gasteiger partial charge in [0.05, 0.1) is 0 Å². The lowest BCUT2D eigenvalue weighted by atomic mass is 12.9. The molecular weight excluding hydrogens is 92.0 g/mol. The molecule has 0 aromatic rings. The maximum absolute atomic E-state index is 8.89. The smallest absolute Gasteiger partial charge is 0.351 e. The molecule has 0 amide bonds. The molecule has 6 heteroatoms. The summed E-state index contributed by atoms with van der Waals surface area (Å²) < 4.78 is 0. The van der Waals surface area contributed by atoms with Crippen LogP contribution in [0.5, 0.6) is 0 Å². The molecule has 0 aliphatic carbocycles. The minimum Gasteiger partial charge on any atom is -0.474 e. The predicted octanol–water partition coefficient (Wildman–Crippen LogP) is -0.788. The van der Waals surface area contributed by atoms with Crippen LogP contribution in [-0.4, -0.2) is 5.09 Å². The second-order valence-electron chi connectivity index (χ2n) is 0.380. The topological polar surface area (TPSA) is 89.5 Å². The third kappa shape index (κ3) is 3.12. The van der Waals surface area contributed by atoms with Crippen molar-refractivity contribution in [3.8, 4) is 0 Å². The van der Waals surface area contributed by atoms with E-state index < -0.39 is 5.09 Å². The molecule has 0 saturated heterocycles. The molecule has 0 fully saturated rings. The lowest BCUT2D eigenvalue weighted by Crippen LogP contribution is -2.03. The van der Waals surface area contributed by atoms with E-state index in [1.54, 1.807) is 0 Å². The largest absolute Gasteiger partial charge is 0.474 e. The molecule has 0 aromatic heterocycles. The van der Waals surface area contributed by atoms with E-state index in [-0.39, 0.29) is 0 Å². The maximum atomic E-state index is 8.89. The van der Waals surface area contributed by atoms with Gasteiger partial charge in [0.1, 0.15) is 0 Å². The first-order valence-electron chi connectivity index (χ1n) is 0.913. The zero-order chi connectivity index (χ0) is 4.99. The van der Waals surface area contributed by atoms with Crippen molar-refractivity contribution in [2.45, 2.75) is 0 Å². The minimum atomic E-state index is -1.30. The lowest BCUT2D eigenvalue weighted by molar-refractivity contribution is -0.774. The zero-order valence-electron chi connectivity index (χ0n) is 2.53. The van der Waals surface area contributed by atoms with E-state index in [4.69, 9.17) is 15.3 Å². The highest BCUT2D eigenvalue weighted by Crippen LogP contribution is 1.62. The average Bonchev–Trinajstić information content (AvgIpc) is 1.35. The van der Waals surface area contributed by atoms with E-state index in [1.165, 1.54) is 5.64 Å². The van der Waals surface area contributed by atoms with E-state index in [2.05, 4.69) is 4.94 Å². The van der Waals surface area contributed by atoms with Crippen LogP contribution in [0.25, 0.3) is 0 Å². The molecule has 6 heavy (non-hydrogen) atoms. The highest BCUT2D eigenvalue weighted by Gasteiger charge is 1.96. The molecule has 0 spiro atoms. The number of hydrogen-bond donors (Lipinski definition) is 0. The highest BCUT2D eigenvalue weighted by molar-refractivity contribution is 4.05. The van der Waals surface area contributed by atoms with E-state index >= 15 is 0 Å². The number of nitrogens with zero attached hydrogens (tertiary/aromatic N) is 2. The summed E-state index contributed by atoms with van der Waals surface area (Å²) in [7, 11) is 0. The Morgan fingerprint density at radius 2 is 2.33 bits per heavy atom. The van der Waals surface area contributed by atoms with Gasteiger partial charge >= 0.3 is 10.7 Å². The first-order valence-corrected chi connectivity index (χ1v) is 0.913. The molecule has 0 aliphatic rings. The molecule has 0 aromatic carbocycles. The Morgan fingerprint density at radius 1 is 1.83 bits per heavy atom. The third-order valence-corrected chi connectivity index (χ3v) is 0.100. The minimum absolute atomic E-state index is 1.30. The van der Waals surface area contributed by atoms with Gasteiger partial charge < -0.3 is 5.21 Å². The van der Waals surface area contributed by atoms with Crippen LogP contribution in [0.2, 0.25) is 0 Å². The van der Waals surface area contributed by atoms with Crippen LogP contribution in [-0.2, 0) is 4.94 Å². The average molecular weight is 92.0 g/mol. The van der Waals surface area contributed by atoms with Crippen molar-refractivity contribution in [2.24, 2.45) is 0 Å². The standard InChI is InChI=1S/N2O4/c3-1-6-2(4)5. The van der Waals surface area contributed by atoms with Gasteiger partial charge in [0.2, 0.25) is 0 Å². The molecular formula is N2O4. The Kier molecular flexibility index (Phi) is 2.02. The monoisotopic (exact) mass is 92.0 g/mol. The van der Waals surface area contributed by atoms with Gasteiger partial charge in [-0.1, -0.05) is 0 Å². The Hall–Kier alpha value is -0.880. The summed E-state index contributed by atoms with van der Waals surface area (Å²) in [5.74, 6) is 0. The van der Waals surface area contributed by atoms with Gasteiger partial charge in [-0.25, -0.2) is 0 Å². The van der Waals surface area contributed by atoms with Crippen molar-refractivity contribution in [3.63, 3.8) is 0 Å². The molecule has 6 nitrogen and oxygen atoms in total. The molecule has 34 valence electrons. The second-order valence-corrected chi connectivity index (χ2v) is 0.380. The van der Waals surface area contributed by atoms with Crippen molar-refractivity contribution in [2.75, 3.05) is 0 Å². The summed E-state index contributed by atoms with van der Waals surface area (Å²) in [6, 6.07) is 0. The van der Waals surface area contributed by atoms with Gasteiger partial charge in [-0.3, -0.25) is 0 Å². The SMILES string of the molecule is O=[N+]([O-])O[N+][O-]. The van der Waals surface area contributed by atoms with Crippen LogP contribution in [0, 0.1) is 15.3 Å². The molecule has 0 rings (SSSR count). The summed E-state index contributed by atoms with van der Waals surface area (Å²) in [4.78, 5) is 11.7.